The fourth-order valence-corrected chi connectivity index (χ4v) is 13.0. The summed E-state index contributed by atoms with van der Waals surface area (Å²) in [5, 5.41) is 0. The summed E-state index contributed by atoms with van der Waals surface area (Å²) in [6.07, 6.45) is 4.64. The van der Waals surface area contributed by atoms with Crippen molar-refractivity contribution in [2.75, 3.05) is 14.7 Å². The van der Waals surface area contributed by atoms with Gasteiger partial charge in [-0.3, -0.25) is 0 Å². The van der Waals surface area contributed by atoms with Crippen molar-refractivity contribution in [2.24, 2.45) is 0 Å². The Bertz CT molecular complexity index is 3300. The highest BCUT2D eigenvalue weighted by atomic mass is 16.5. The lowest BCUT2D eigenvalue weighted by molar-refractivity contribution is 0.332. The van der Waals surface area contributed by atoms with Gasteiger partial charge < -0.3 is 19.4 Å². The predicted molar refractivity (Wildman–Crippen MR) is 303 cm³/mol. The largest absolute Gasteiger partial charge is 0.453 e. The second-order valence-corrected chi connectivity index (χ2v) is 26.4. The normalized spacial score (nSPS) is 18.5. The molecule has 3 aliphatic heterocycles. The molecule has 7 aromatic carbocycles. The second kappa shape index (κ2) is 15.2. The quantitative estimate of drug-likeness (QED) is 0.164. The van der Waals surface area contributed by atoms with E-state index in [1.807, 2.05) is 0 Å². The molecule has 4 nitrogen and oxygen atoms in total. The third-order valence-electron chi connectivity index (χ3n) is 17.7. The maximum absolute atomic E-state index is 6.69. The fraction of sp³-hybridized carbons (Fsp3) is 0.364. The van der Waals surface area contributed by atoms with E-state index in [1.54, 1.807) is 0 Å². The molecule has 7 aromatic rings. The highest BCUT2D eigenvalue weighted by molar-refractivity contribution is 7.00. The summed E-state index contributed by atoms with van der Waals surface area (Å²) >= 11 is 0. The van der Waals surface area contributed by atoms with Crippen molar-refractivity contribution in [3.8, 4) is 11.5 Å². The SMILES string of the molecule is CC(C)(C)c1ccc(N2c3ccc(C(C)(C)C)cc3B3c4cc5c(cc4N(c4ccc6c(c4)C(C)(C)CCC6(C)C)c4cc(N6c7ccccc7Oc7ccccc76)cc2c43)C(C)(C)CCC5(C)C)cc1. The molecule has 0 saturated heterocycles. The van der Waals surface area contributed by atoms with Crippen LogP contribution < -0.4 is 35.8 Å². The van der Waals surface area contributed by atoms with Gasteiger partial charge in [-0.05, 0) is 181 Å². The highest BCUT2D eigenvalue weighted by Gasteiger charge is 2.48. The van der Waals surface area contributed by atoms with Crippen LogP contribution in [0.2, 0.25) is 0 Å². The average molecular weight is 934 g/mol. The Kier molecular flexibility index (Phi) is 9.81. The number of benzene rings is 7. The summed E-state index contributed by atoms with van der Waals surface area (Å²) in [6, 6.07) is 51.8. The number of ether oxygens (including phenoxy) is 1. The Labute approximate surface area is 425 Å². The number of hydrogen-bond acceptors (Lipinski definition) is 4. The Hall–Kier alpha value is -6.20. The number of para-hydroxylation sites is 4. The van der Waals surface area contributed by atoms with E-state index >= 15 is 0 Å². The summed E-state index contributed by atoms with van der Waals surface area (Å²) in [5.74, 6) is 1.70. The molecule has 0 amide bonds. The molecule has 360 valence electrons. The monoisotopic (exact) mass is 934 g/mol. The summed E-state index contributed by atoms with van der Waals surface area (Å²) < 4.78 is 6.69. The lowest BCUT2D eigenvalue weighted by atomic mass is 9.33. The molecular weight excluding hydrogens is 862 g/mol. The number of fused-ring (bicyclic) bond motifs is 8. The summed E-state index contributed by atoms with van der Waals surface area (Å²) in [7, 11) is 0. The number of rotatable bonds is 3. The molecule has 0 aromatic heterocycles. The number of anilines is 9. The molecule has 5 heteroatoms. The number of nitrogens with zero attached hydrogens (tertiary/aromatic N) is 3. The third-order valence-corrected chi connectivity index (χ3v) is 17.7. The van der Waals surface area contributed by atoms with Gasteiger partial charge in [-0.25, -0.2) is 0 Å². The first kappa shape index (κ1) is 45.9. The van der Waals surface area contributed by atoms with Crippen molar-refractivity contribution in [3.05, 3.63) is 167 Å². The third kappa shape index (κ3) is 7.06. The standard InChI is InChI=1S/C66H72BN3O/c1-61(2,3)41-23-26-43(27-24-41)68-52-30-25-42(62(4,5)6)35-50(52)67-51-39-48-49(66(13,14)34-33-65(48,11)12)40-55(51)69(44-28-29-46-47(36-44)64(9,10)32-31-63(46,7)8)57-38-45(37-56(68)60(57)67)70-53-19-15-17-21-58(53)71-59-22-18-16-20-54(59)70/h15-30,35-40H,31-34H2,1-14H3. The zero-order valence-corrected chi connectivity index (χ0v) is 44.9. The van der Waals surface area contributed by atoms with Crippen molar-refractivity contribution in [2.45, 2.75) is 155 Å². The average Bonchev–Trinajstić information content (AvgIpc) is 3.32. The van der Waals surface area contributed by atoms with E-state index in [1.165, 1.54) is 84.6 Å². The molecule has 0 N–H and O–H groups in total. The van der Waals surface area contributed by atoms with E-state index < -0.39 is 0 Å². The van der Waals surface area contributed by atoms with Gasteiger partial charge in [0.1, 0.15) is 0 Å². The number of hydrogen-bond donors (Lipinski definition) is 0. The zero-order chi connectivity index (χ0) is 49.9. The Balaban J connectivity index is 1.24. The van der Waals surface area contributed by atoms with Crippen LogP contribution in [0.1, 0.15) is 156 Å². The van der Waals surface area contributed by atoms with Gasteiger partial charge in [0.15, 0.2) is 11.5 Å². The van der Waals surface area contributed by atoms with Crippen LogP contribution in [0.25, 0.3) is 0 Å². The van der Waals surface area contributed by atoms with E-state index in [0.717, 1.165) is 53.5 Å². The first-order valence-corrected chi connectivity index (χ1v) is 26.5. The van der Waals surface area contributed by atoms with E-state index in [9.17, 15) is 0 Å². The second-order valence-electron chi connectivity index (χ2n) is 26.4. The van der Waals surface area contributed by atoms with Gasteiger partial charge in [0.05, 0.1) is 17.1 Å². The first-order valence-electron chi connectivity index (χ1n) is 26.5. The van der Waals surface area contributed by atoms with Crippen molar-refractivity contribution in [1.29, 1.82) is 0 Å². The minimum atomic E-state index is -0.0482. The van der Waals surface area contributed by atoms with Gasteiger partial charge in [-0.1, -0.05) is 158 Å². The van der Waals surface area contributed by atoms with E-state index in [2.05, 4.69) is 245 Å². The van der Waals surface area contributed by atoms with Crippen LogP contribution in [0.4, 0.5) is 51.2 Å². The maximum atomic E-state index is 6.69. The molecule has 3 heterocycles. The summed E-state index contributed by atoms with van der Waals surface area (Å²) in [6.45, 7) is 33.8. The van der Waals surface area contributed by atoms with E-state index in [-0.39, 0.29) is 39.2 Å². The first-order chi connectivity index (χ1) is 33.4. The molecule has 0 fully saturated rings. The molecule has 0 saturated carbocycles. The molecule has 0 unspecified atom stereocenters. The van der Waals surface area contributed by atoms with Crippen molar-refractivity contribution in [3.63, 3.8) is 0 Å². The van der Waals surface area contributed by atoms with Gasteiger partial charge in [0.2, 0.25) is 0 Å². The van der Waals surface area contributed by atoms with Crippen LogP contribution in [-0.2, 0) is 32.5 Å². The lowest BCUT2D eigenvalue weighted by Crippen LogP contribution is -2.62. The minimum absolute atomic E-state index is 0.0157. The van der Waals surface area contributed by atoms with Crippen molar-refractivity contribution >= 4 is 74.3 Å². The Morgan fingerprint density at radius 1 is 0.380 bits per heavy atom. The van der Waals surface area contributed by atoms with E-state index in [0.29, 0.717) is 0 Å². The van der Waals surface area contributed by atoms with Gasteiger partial charge >= 0.3 is 0 Å². The molecule has 5 aliphatic rings. The molecule has 0 bridgehead atoms. The molecule has 12 rings (SSSR count). The zero-order valence-electron chi connectivity index (χ0n) is 44.9. The smallest absolute Gasteiger partial charge is 0.252 e. The highest BCUT2D eigenvalue weighted by Crippen LogP contribution is 2.56. The Morgan fingerprint density at radius 3 is 1.39 bits per heavy atom. The molecule has 71 heavy (non-hydrogen) atoms. The van der Waals surface area contributed by atoms with Crippen LogP contribution >= 0.6 is 0 Å². The predicted octanol–water partition coefficient (Wildman–Crippen LogP) is 16.6. The van der Waals surface area contributed by atoms with Gasteiger partial charge in [-0.15, -0.1) is 0 Å². The van der Waals surface area contributed by atoms with Gasteiger partial charge in [0, 0.05) is 34.1 Å². The molecule has 0 radical (unpaired) electrons. The van der Waals surface area contributed by atoms with Gasteiger partial charge in [-0.2, -0.15) is 0 Å². The summed E-state index contributed by atoms with van der Waals surface area (Å²) in [5.41, 5.74) is 23.3. The van der Waals surface area contributed by atoms with Crippen LogP contribution in [0.15, 0.2) is 133 Å². The molecular formula is C66H72BN3O. The van der Waals surface area contributed by atoms with Crippen LogP contribution in [0.5, 0.6) is 11.5 Å². The lowest BCUT2D eigenvalue weighted by Gasteiger charge is -2.48. The Morgan fingerprint density at radius 2 is 0.831 bits per heavy atom. The summed E-state index contributed by atoms with van der Waals surface area (Å²) in [4.78, 5) is 7.74. The van der Waals surface area contributed by atoms with E-state index in [4.69, 9.17) is 4.74 Å². The van der Waals surface area contributed by atoms with Crippen molar-refractivity contribution < 1.29 is 4.74 Å². The molecule has 0 spiro atoms. The van der Waals surface area contributed by atoms with Crippen LogP contribution in [-0.4, -0.2) is 6.71 Å². The maximum Gasteiger partial charge on any atom is 0.252 e. The topological polar surface area (TPSA) is 19.0 Å². The molecule has 0 atom stereocenters. The van der Waals surface area contributed by atoms with Crippen LogP contribution in [0.3, 0.4) is 0 Å². The minimum Gasteiger partial charge on any atom is -0.453 e. The van der Waals surface area contributed by atoms with Crippen molar-refractivity contribution in [1.82, 2.24) is 0 Å². The fourth-order valence-electron chi connectivity index (χ4n) is 13.0. The molecule has 2 aliphatic carbocycles. The van der Waals surface area contributed by atoms with Gasteiger partial charge in [0.25, 0.3) is 6.71 Å². The van der Waals surface area contributed by atoms with Crippen LogP contribution in [0, 0.1) is 0 Å².